The van der Waals surface area contributed by atoms with E-state index in [0.29, 0.717) is 12.2 Å². The molecule has 1 aliphatic heterocycles. The summed E-state index contributed by atoms with van der Waals surface area (Å²) in [6, 6.07) is 28.5. The number of benzene rings is 3. The molecule has 4 aromatic rings. The van der Waals surface area contributed by atoms with Gasteiger partial charge in [0.2, 0.25) is 0 Å². The normalized spacial score (nSPS) is 13.2. The van der Waals surface area contributed by atoms with Gasteiger partial charge in [-0.3, -0.25) is 20.2 Å². The first-order valence-electron chi connectivity index (χ1n) is 11.5. The fourth-order valence-corrected chi connectivity index (χ4v) is 4.24. The van der Waals surface area contributed by atoms with Gasteiger partial charge in [-0.05, 0) is 54.5 Å². The van der Waals surface area contributed by atoms with Crippen molar-refractivity contribution in [2.75, 3.05) is 6.61 Å². The second-order valence-corrected chi connectivity index (χ2v) is 8.12. The zero-order chi connectivity index (χ0) is 25.1. The van der Waals surface area contributed by atoms with E-state index in [2.05, 4.69) is 15.2 Å². The van der Waals surface area contributed by atoms with Gasteiger partial charge in [-0.15, -0.1) is 0 Å². The second kappa shape index (κ2) is 9.76. The third-order valence-electron chi connectivity index (χ3n) is 5.80. The Labute approximate surface area is 208 Å². The van der Waals surface area contributed by atoms with Gasteiger partial charge < -0.3 is 9.30 Å². The highest BCUT2D eigenvalue weighted by molar-refractivity contribution is 6.31. The summed E-state index contributed by atoms with van der Waals surface area (Å²) in [4.78, 5) is 36.6. The summed E-state index contributed by atoms with van der Waals surface area (Å²) < 4.78 is 7.72. The SMILES string of the molecule is CCOc1ccc(-n2c(-c3ccccc3)cc(C=C3C(=O)NC(=O)NC3=O)c2-c2ccccc2)cc1. The Morgan fingerprint density at radius 2 is 1.36 bits per heavy atom. The predicted octanol–water partition coefficient (Wildman–Crippen LogP) is 4.96. The number of ether oxygens (including phenoxy) is 1. The Morgan fingerprint density at radius 1 is 0.778 bits per heavy atom. The van der Waals surface area contributed by atoms with Crippen molar-refractivity contribution in [3.63, 3.8) is 0 Å². The van der Waals surface area contributed by atoms with E-state index in [9.17, 15) is 14.4 Å². The lowest BCUT2D eigenvalue weighted by molar-refractivity contribution is -0.123. The fourth-order valence-electron chi connectivity index (χ4n) is 4.24. The number of amides is 4. The van der Waals surface area contributed by atoms with Crippen molar-refractivity contribution < 1.29 is 19.1 Å². The van der Waals surface area contributed by atoms with Gasteiger partial charge in [0, 0.05) is 11.3 Å². The standard InChI is InChI=1S/C29H23N3O4/c1-2-36-23-15-13-22(14-16-23)32-25(19-9-5-3-6-10-19)18-21(26(32)20-11-7-4-8-12-20)17-24-27(33)30-29(35)31-28(24)34/h3-18H,2H2,1H3,(H2,30,31,33,34,35). The molecule has 36 heavy (non-hydrogen) atoms. The molecule has 1 aliphatic rings. The molecule has 0 atom stereocenters. The first kappa shape index (κ1) is 22.9. The number of nitrogens with one attached hydrogen (secondary N) is 2. The molecule has 0 radical (unpaired) electrons. The topological polar surface area (TPSA) is 89.4 Å². The van der Waals surface area contributed by atoms with Crippen LogP contribution in [0.2, 0.25) is 0 Å². The predicted molar refractivity (Wildman–Crippen MR) is 137 cm³/mol. The van der Waals surface area contributed by atoms with E-state index in [1.807, 2.05) is 97.9 Å². The molecular weight excluding hydrogens is 454 g/mol. The number of carbonyl (C=O) groups excluding carboxylic acids is 3. The lowest BCUT2D eigenvalue weighted by atomic mass is 10.0. The summed E-state index contributed by atoms with van der Waals surface area (Å²) in [5.74, 6) is -0.714. The number of nitrogens with zero attached hydrogens (tertiary/aromatic N) is 1. The summed E-state index contributed by atoms with van der Waals surface area (Å²) >= 11 is 0. The highest BCUT2D eigenvalue weighted by atomic mass is 16.5. The average molecular weight is 478 g/mol. The number of barbiturate groups is 1. The van der Waals surface area contributed by atoms with Crippen molar-refractivity contribution in [3.05, 3.63) is 102 Å². The van der Waals surface area contributed by atoms with Crippen LogP contribution >= 0.6 is 0 Å². The second-order valence-electron chi connectivity index (χ2n) is 8.12. The quantitative estimate of drug-likeness (QED) is 0.303. The molecule has 0 unspecified atom stereocenters. The minimum Gasteiger partial charge on any atom is -0.494 e. The minimum atomic E-state index is -0.831. The summed E-state index contributed by atoms with van der Waals surface area (Å²) in [5.41, 5.74) is 4.92. The van der Waals surface area contributed by atoms with E-state index < -0.39 is 17.8 Å². The van der Waals surface area contributed by atoms with Gasteiger partial charge >= 0.3 is 6.03 Å². The van der Waals surface area contributed by atoms with Crippen molar-refractivity contribution in [3.8, 4) is 34.0 Å². The number of carbonyl (C=O) groups is 3. The Morgan fingerprint density at radius 3 is 1.94 bits per heavy atom. The first-order valence-corrected chi connectivity index (χ1v) is 11.5. The van der Waals surface area contributed by atoms with Crippen LogP contribution in [0.5, 0.6) is 5.75 Å². The molecular formula is C29H23N3O4. The van der Waals surface area contributed by atoms with Gasteiger partial charge in [-0.25, -0.2) is 4.79 Å². The summed E-state index contributed by atoms with van der Waals surface area (Å²) in [6.45, 7) is 2.50. The van der Waals surface area contributed by atoms with Crippen molar-refractivity contribution in [1.29, 1.82) is 0 Å². The highest BCUT2D eigenvalue weighted by Gasteiger charge is 2.29. The Bertz CT molecular complexity index is 1450. The third kappa shape index (κ3) is 4.42. The van der Waals surface area contributed by atoms with Crippen LogP contribution in [0.3, 0.4) is 0 Å². The van der Waals surface area contributed by atoms with Crippen LogP contribution in [0.1, 0.15) is 12.5 Å². The van der Waals surface area contributed by atoms with Gasteiger partial charge in [0.15, 0.2) is 0 Å². The van der Waals surface area contributed by atoms with Crippen LogP contribution in [0, 0.1) is 0 Å². The number of hydrogen-bond acceptors (Lipinski definition) is 4. The molecule has 7 heteroatoms. The third-order valence-corrected chi connectivity index (χ3v) is 5.80. The Balaban J connectivity index is 1.79. The van der Waals surface area contributed by atoms with Crippen LogP contribution in [-0.2, 0) is 9.59 Å². The molecule has 178 valence electrons. The van der Waals surface area contributed by atoms with Crippen LogP contribution < -0.4 is 15.4 Å². The van der Waals surface area contributed by atoms with Crippen molar-refractivity contribution >= 4 is 23.9 Å². The van der Waals surface area contributed by atoms with Crippen LogP contribution in [-0.4, -0.2) is 29.0 Å². The summed E-state index contributed by atoms with van der Waals surface area (Å²) in [7, 11) is 0. The average Bonchev–Trinajstić information content (AvgIpc) is 3.27. The lowest BCUT2D eigenvalue weighted by Crippen LogP contribution is -2.51. The maximum atomic E-state index is 12.5. The molecule has 1 fully saturated rings. The molecule has 0 saturated carbocycles. The van der Waals surface area contributed by atoms with Crippen molar-refractivity contribution in [2.24, 2.45) is 0 Å². The molecule has 7 nitrogen and oxygen atoms in total. The van der Waals surface area contributed by atoms with E-state index in [1.165, 1.54) is 6.08 Å². The number of imide groups is 2. The summed E-state index contributed by atoms with van der Waals surface area (Å²) in [6.07, 6.45) is 1.52. The van der Waals surface area contributed by atoms with Crippen molar-refractivity contribution in [2.45, 2.75) is 6.92 Å². The van der Waals surface area contributed by atoms with Crippen LogP contribution in [0.4, 0.5) is 4.79 Å². The molecule has 3 aromatic carbocycles. The summed E-state index contributed by atoms with van der Waals surface area (Å²) in [5, 5.41) is 4.29. The number of urea groups is 1. The molecule has 2 N–H and O–H groups in total. The Hall–Kier alpha value is -4.91. The van der Waals surface area contributed by atoms with Crippen molar-refractivity contribution in [1.82, 2.24) is 15.2 Å². The number of rotatable bonds is 6. The van der Waals surface area contributed by atoms with E-state index >= 15 is 0 Å². The molecule has 0 spiro atoms. The van der Waals surface area contributed by atoms with Crippen LogP contribution in [0.15, 0.2) is 96.6 Å². The van der Waals surface area contributed by atoms with Gasteiger partial charge in [-0.2, -0.15) is 0 Å². The monoisotopic (exact) mass is 477 g/mol. The zero-order valence-corrected chi connectivity index (χ0v) is 19.5. The molecule has 0 bridgehead atoms. The van der Waals surface area contributed by atoms with E-state index in [4.69, 9.17) is 4.74 Å². The first-order chi connectivity index (χ1) is 17.5. The molecule has 4 amide bonds. The van der Waals surface area contributed by atoms with Gasteiger partial charge in [0.1, 0.15) is 11.3 Å². The zero-order valence-electron chi connectivity index (χ0n) is 19.5. The van der Waals surface area contributed by atoms with E-state index in [0.717, 1.165) is 34.0 Å². The lowest BCUT2D eigenvalue weighted by Gasteiger charge is -2.16. The maximum Gasteiger partial charge on any atom is 0.328 e. The number of hydrogen-bond donors (Lipinski definition) is 2. The molecule has 2 heterocycles. The van der Waals surface area contributed by atoms with E-state index in [-0.39, 0.29) is 5.57 Å². The molecule has 0 aliphatic carbocycles. The number of aromatic nitrogens is 1. The van der Waals surface area contributed by atoms with Gasteiger partial charge in [-0.1, -0.05) is 60.7 Å². The smallest absolute Gasteiger partial charge is 0.328 e. The Kier molecular flexibility index (Phi) is 6.19. The van der Waals surface area contributed by atoms with E-state index in [1.54, 1.807) is 0 Å². The highest BCUT2D eigenvalue weighted by Crippen LogP contribution is 2.37. The largest absolute Gasteiger partial charge is 0.494 e. The van der Waals surface area contributed by atoms with Crippen LogP contribution in [0.25, 0.3) is 34.3 Å². The minimum absolute atomic E-state index is 0.143. The maximum absolute atomic E-state index is 12.5. The van der Waals surface area contributed by atoms with Gasteiger partial charge in [0.05, 0.1) is 18.0 Å². The molecule has 5 rings (SSSR count). The molecule has 1 aromatic heterocycles. The molecule has 1 saturated heterocycles. The van der Waals surface area contributed by atoms with Gasteiger partial charge in [0.25, 0.3) is 11.8 Å². The fraction of sp³-hybridized carbons (Fsp3) is 0.0690.